The first-order valence-electron chi connectivity index (χ1n) is 10.00. The van der Waals surface area contributed by atoms with Crippen molar-refractivity contribution >= 4 is 23.5 Å². The average Bonchev–Trinajstić information content (AvgIpc) is 3.14. The zero-order chi connectivity index (χ0) is 21.7. The molecule has 1 saturated heterocycles. The van der Waals surface area contributed by atoms with Crippen LogP contribution in [0.5, 0.6) is 0 Å². The van der Waals surface area contributed by atoms with Gasteiger partial charge in [0.2, 0.25) is 5.91 Å². The van der Waals surface area contributed by atoms with Crippen molar-refractivity contribution in [3.05, 3.63) is 52.8 Å². The monoisotopic (exact) mass is 431 g/mol. The molecule has 2 aromatic rings. The maximum Gasteiger partial charge on any atom is 0.242 e. The molecule has 0 aliphatic carbocycles. The maximum atomic E-state index is 12.7. The van der Waals surface area contributed by atoms with Gasteiger partial charge in [0.15, 0.2) is 5.96 Å². The molecule has 0 radical (unpaired) electrons. The second kappa shape index (κ2) is 9.95. The number of nitrogens with one attached hydrogen (secondary N) is 1. The molecule has 9 heteroatoms. The smallest absolute Gasteiger partial charge is 0.242 e. The Kier molecular flexibility index (Phi) is 7.33. The van der Waals surface area contributed by atoms with E-state index in [0.717, 1.165) is 23.6 Å². The van der Waals surface area contributed by atoms with Gasteiger partial charge in [0.1, 0.15) is 0 Å². The molecule has 3 rings (SSSR count). The van der Waals surface area contributed by atoms with Crippen LogP contribution in [-0.4, -0.2) is 83.7 Å². The number of hydrogen-bond donors (Lipinski definition) is 1. The molecule has 1 fully saturated rings. The molecule has 1 unspecified atom stereocenters. The molecule has 162 valence electrons. The number of carbonyl (C=O) groups excluding carboxylic acids is 1. The van der Waals surface area contributed by atoms with E-state index in [-0.39, 0.29) is 11.9 Å². The van der Waals surface area contributed by atoms with Crippen LogP contribution in [0.2, 0.25) is 5.02 Å². The number of hydrogen-bond acceptors (Lipinski definition) is 4. The first-order valence-corrected chi connectivity index (χ1v) is 10.4. The standard InChI is InChI=1S/C21H30ClN7O/c1-23-21(24-12-19(26(2)3)17-11-25-27(4)14-17)29-10-9-28(20(30)15-29)13-16-5-7-18(22)8-6-16/h5-8,11,14,19H,9-10,12-13,15H2,1-4H3,(H,23,24). The summed E-state index contributed by atoms with van der Waals surface area (Å²) < 4.78 is 1.80. The van der Waals surface area contributed by atoms with Gasteiger partial charge in [0.25, 0.3) is 0 Å². The van der Waals surface area contributed by atoms with E-state index < -0.39 is 0 Å². The average molecular weight is 432 g/mol. The Morgan fingerprint density at radius 3 is 2.60 bits per heavy atom. The van der Waals surface area contributed by atoms with Crippen molar-refractivity contribution in [3.8, 4) is 0 Å². The number of rotatable bonds is 6. The van der Waals surface area contributed by atoms with Crippen LogP contribution in [-0.2, 0) is 18.4 Å². The highest BCUT2D eigenvalue weighted by Gasteiger charge is 2.26. The van der Waals surface area contributed by atoms with Gasteiger partial charge in [-0.2, -0.15) is 5.10 Å². The highest BCUT2D eigenvalue weighted by atomic mass is 35.5. The van der Waals surface area contributed by atoms with Gasteiger partial charge in [-0.05, 0) is 31.8 Å². The second-order valence-corrected chi connectivity index (χ2v) is 8.15. The molecular weight excluding hydrogens is 402 g/mol. The number of halogens is 1. The summed E-state index contributed by atoms with van der Waals surface area (Å²) in [7, 11) is 7.75. The summed E-state index contributed by atoms with van der Waals surface area (Å²) in [6.07, 6.45) is 3.91. The van der Waals surface area contributed by atoms with E-state index in [1.807, 2.05) is 67.6 Å². The first kappa shape index (κ1) is 22.1. The summed E-state index contributed by atoms with van der Waals surface area (Å²) in [5, 5.41) is 8.41. The predicted molar refractivity (Wildman–Crippen MR) is 119 cm³/mol. The summed E-state index contributed by atoms with van der Waals surface area (Å²) in [4.78, 5) is 23.2. The minimum absolute atomic E-state index is 0.0931. The van der Waals surface area contributed by atoms with Crippen molar-refractivity contribution in [1.29, 1.82) is 0 Å². The predicted octanol–water partition coefficient (Wildman–Crippen LogP) is 1.60. The number of benzene rings is 1. The van der Waals surface area contributed by atoms with Crippen LogP contribution in [0.1, 0.15) is 17.2 Å². The molecule has 1 aromatic carbocycles. The van der Waals surface area contributed by atoms with Crippen LogP contribution in [0.25, 0.3) is 0 Å². The largest absolute Gasteiger partial charge is 0.354 e. The first-order chi connectivity index (χ1) is 14.4. The van der Waals surface area contributed by atoms with Crippen LogP contribution in [0.3, 0.4) is 0 Å². The molecule has 0 saturated carbocycles. The van der Waals surface area contributed by atoms with E-state index >= 15 is 0 Å². The SMILES string of the molecule is CN=C(NCC(c1cnn(C)c1)N(C)C)N1CCN(Cc2ccc(Cl)cc2)C(=O)C1. The van der Waals surface area contributed by atoms with Gasteiger partial charge in [-0.1, -0.05) is 23.7 Å². The lowest BCUT2D eigenvalue weighted by atomic mass is 10.1. The fourth-order valence-electron chi connectivity index (χ4n) is 3.60. The lowest BCUT2D eigenvalue weighted by Gasteiger charge is -2.36. The van der Waals surface area contributed by atoms with Gasteiger partial charge in [-0.15, -0.1) is 0 Å². The van der Waals surface area contributed by atoms with Crippen molar-refractivity contribution in [2.24, 2.45) is 12.0 Å². The summed E-state index contributed by atoms with van der Waals surface area (Å²) in [6.45, 7) is 2.97. The number of aromatic nitrogens is 2. The fourth-order valence-corrected chi connectivity index (χ4v) is 3.72. The second-order valence-electron chi connectivity index (χ2n) is 7.72. The zero-order valence-electron chi connectivity index (χ0n) is 18.0. The molecule has 2 heterocycles. The van der Waals surface area contributed by atoms with Crippen molar-refractivity contribution in [2.45, 2.75) is 12.6 Å². The van der Waals surface area contributed by atoms with E-state index in [0.29, 0.717) is 31.2 Å². The van der Waals surface area contributed by atoms with Crippen LogP contribution in [0, 0.1) is 0 Å². The molecule has 1 aromatic heterocycles. The molecule has 30 heavy (non-hydrogen) atoms. The Bertz CT molecular complexity index is 878. The van der Waals surface area contributed by atoms with E-state index in [2.05, 4.69) is 20.3 Å². The van der Waals surface area contributed by atoms with Crippen LogP contribution in [0.15, 0.2) is 41.7 Å². The normalized spacial score (nSPS) is 16.3. The lowest BCUT2D eigenvalue weighted by Crippen LogP contribution is -2.55. The summed E-state index contributed by atoms with van der Waals surface area (Å²) in [6, 6.07) is 7.78. The van der Waals surface area contributed by atoms with E-state index in [1.54, 1.807) is 11.7 Å². The van der Waals surface area contributed by atoms with Gasteiger partial charge in [-0.3, -0.25) is 14.5 Å². The molecule has 1 amide bonds. The third kappa shape index (κ3) is 5.52. The van der Waals surface area contributed by atoms with Crippen LogP contribution < -0.4 is 5.32 Å². The van der Waals surface area contributed by atoms with Gasteiger partial charge in [0.05, 0.1) is 18.8 Å². The Balaban J connectivity index is 1.57. The number of carbonyl (C=O) groups is 1. The maximum absolute atomic E-state index is 12.7. The number of aryl methyl sites for hydroxylation is 1. The Labute approximate surface area is 183 Å². The highest BCUT2D eigenvalue weighted by molar-refractivity contribution is 6.30. The number of guanidine groups is 1. The summed E-state index contributed by atoms with van der Waals surface area (Å²) in [5.74, 6) is 0.834. The quantitative estimate of drug-likeness (QED) is 0.555. The number of likely N-dealkylation sites (N-methyl/N-ethyl adjacent to an activating group) is 1. The van der Waals surface area contributed by atoms with E-state index in [1.165, 1.54) is 0 Å². The zero-order valence-corrected chi connectivity index (χ0v) is 18.8. The number of nitrogens with zero attached hydrogens (tertiary/aromatic N) is 6. The molecule has 1 aliphatic heterocycles. The molecular formula is C21H30ClN7O. The highest BCUT2D eigenvalue weighted by Crippen LogP contribution is 2.17. The van der Waals surface area contributed by atoms with Gasteiger partial charge < -0.3 is 20.0 Å². The Morgan fingerprint density at radius 2 is 2.03 bits per heavy atom. The molecule has 1 aliphatic rings. The van der Waals surface area contributed by atoms with Gasteiger partial charge in [0, 0.05) is 57.1 Å². The minimum Gasteiger partial charge on any atom is -0.354 e. The number of aliphatic imine (C=N–C) groups is 1. The molecule has 0 spiro atoms. The fraction of sp³-hybridized carbons (Fsp3) is 0.476. The van der Waals surface area contributed by atoms with Crippen LogP contribution >= 0.6 is 11.6 Å². The molecule has 0 bridgehead atoms. The van der Waals surface area contributed by atoms with Crippen molar-refractivity contribution in [3.63, 3.8) is 0 Å². The Hall–Kier alpha value is -2.58. The summed E-state index contributed by atoms with van der Waals surface area (Å²) in [5.41, 5.74) is 2.21. The Morgan fingerprint density at radius 1 is 1.30 bits per heavy atom. The van der Waals surface area contributed by atoms with Gasteiger partial charge >= 0.3 is 0 Å². The lowest BCUT2D eigenvalue weighted by molar-refractivity contribution is -0.135. The van der Waals surface area contributed by atoms with Gasteiger partial charge in [-0.25, -0.2) is 0 Å². The molecule has 1 atom stereocenters. The van der Waals surface area contributed by atoms with Crippen molar-refractivity contribution in [2.75, 3.05) is 47.3 Å². The number of piperazine rings is 1. The molecule has 1 N–H and O–H groups in total. The topological polar surface area (TPSA) is 69.0 Å². The van der Waals surface area contributed by atoms with E-state index in [4.69, 9.17) is 11.6 Å². The molecule has 8 nitrogen and oxygen atoms in total. The van der Waals surface area contributed by atoms with Crippen molar-refractivity contribution < 1.29 is 4.79 Å². The van der Waals surface area contributed by atoms with Crippen LogP contribution in [0.4, 0.5) is 0 Å². The third-order valence-corrected chi connectivity index (χ3v) is 5.56. The van der Waals surface area contributed by atoms with Crippen molar-refractivity contribution in [1.82, 2.24) is 29.8 Å². The summed E-state index contributed by atoms with van der Waals surface area (Å²) >= 11 is 5.95. The number of amides is 1. The minimum atomic E-state index is 0.0931. The van der Waals surface area contributed by atoms with E-state index in [9.17, 15) is 4.79 Å². The third-order valence-electron chi connectivity index (χ3n) is 5.30.